The monoisotopic (exact) mass is 228 g/mol. The molecule has 0 saturated carbocycles. The van der Waals surface area contributed by atoms with E-state index in [0.29, 0.717) is 0 Å². The van der Waals surface area contributed by atoms with Crippen molar-refractivity contribution in [3.63, 3.8) is 0 Å². The zero-order valence-corrected chi connectivity index (χ0v) is 7.66. The zero-order valence-electron chi connectivity index (χ0n) is 3.88. The van der Waals surface area contributed by atoms with Crippen LogP contribution in [0, 0.1) is 0 Å². The van der Waals surface area contributed by atoms with Gasteiger partial charge in [0.05, 0.1) is 0 Å². The van der Waals surface area contributed by atoms with Crippen LogP contribution in [0.1, 0.15) is 0 Å². The van der Waals surface area contributed by atoms with Gasteiger partial charge in [-0.2, -0.15) is 0 Å². The number of rotatable bonds is 0. The first-order valence-electron chi connectivity index (χ1n) is 1.96. The molecular weight excluding hydrogens is 229 g/mol. The molecule has 0 spiro atoms. The van der Waals surface area contributed by atoms with E-state index in [1.807, 2.05) is 0 Å². The molecular formula is C3HCl5O. The van der Waals surface area contributed by atoms with Crippen molar-refractivity contribution in [2.45, 2.75) is 14.4 Å². The topological polar surface area (TPSA) is 12.5 Å². The summed E-state index contributed by atoms with van der Waals surface area (Å²) in [5, 5.41) is 0. The molecule has 0 aromatic rings. The van der Waals surface area contributed by atoms with Gasteiger partial charge >= 0.3 is 0 Å². The van der Waals surface area contributed by atoms with Gasteiger partial charge in [0.2, 0.25) is 8.31 Å². The maximum Gasteiger partial charge on any atom is 0.249 e. The molecule has 0 radical (unpaired) electrons. The molecule has 9 heavy (non-hydrogen) atoms. The van der Waals surface area contributed by atoms with Crippen LogP contribution in [0.15, 0.2) is 0 Å². The first kappa shape index (κ1) is 8.51. The van der Waals surface area contributed by atoms with Crippen molar-refractivity contribution in [3.05, 3.63) is 0 Å². The van der Waals surface area contributed by atoms with Gasteiger partial charge in [0, 0.05) is 0 Å². The van der Waals surface area contributed by atoms with Crippen molar-refractivity contribution in [3.8, 4) is 0 Å². The molecule has 0 aromatic heterocycles. The number of hydrogen-bond acceptors (Lipinski definition) is 1. The molecule has 54 valence electrons. The second-order valence-electron chi connectivity index (χ2n) is 1.60. The smallest absolute Gasteiger partial charge is 0.249 e. The number of epoxide rings is 1. The molecule has 1 aliphatic heterocycles. The minimum absolute atomic E-state index is 0.710. The molecule has 0 aromatic carbocycles. The molecule has 0 bridgehead atoms. The highest BCUT2D eigenvalue weighted by Gasteiger charge is 2.64. The normalized spacial score (nSPS) is 32.3. The molecule has 0 aliphatic carbocycles. The Labute approximate surface area is 77.1 Å². The summed E-state index contributed by atoms with van der Waals surface area (Å²) in [4.78, 5) is 0. The third-order valence-corrected chi connectivity index (χ3v) is 1.99. The number of ether oxygens (including phenoxy) is 1. The molecule has 1 rings (SSSR count). The summed E-state index contributed by atoms with van der Waals surface area (Å²) in [6.45, 7) is 0. The fraction of sp³-hybridized carbons (Fsp3) is 1.00. The van der Waals surface area contributed by atoms with Crippen molar-refractivity contribution in [2.75, 3.05) is 0 Å². The Balaban J connectivity index is 2.52. The quantitative estimate of drug-likeness (QED) is 0.460. The highest BCUT2D eigenvalue weighted by atomic mass is 35.6. The Hall–Kier alpha value is 1.41. The summed E-state index contributed by atoms with van der Waals surface area (Å²) in [5.41, 5.74) is 0. The Kier molecular flexibility index (Phi) is 2.08. The summed E-state index contributed by atoms with van der Waals surface area (Å²) in [5.74, 6) is 0. The molecule has 0 amide bonds. The van der Waals surface area contributed by atoms with Gasteiger partial charge in [0.25, 0.3) is 0 Å². The van der Waals surface area contributed by atoms with E-state index >= 15 is 0 Å². The molecule has 6 heteroatoms. The van der Waals surface area contributed by atoms with E-state index in [1.165, 1.54) is 0 Å². The molecule has 1 nitrogen and oxygen atoms in total. The highest BCUT2D eigenvalue weighted by molar-refractivity contribution is 6.69. The van der Waals surface area contributed by atoms with Crippen LogP contribution in [0.3, 0.4) is 0 Å². The molecule has 1 fully saturated rings. The minimum atomic E-state index is -1.52. The Morgan fingerprint density at radius 1 is 1.22 bits per heavy atom. The lowest BCUT2D eigenvalue weighted by Gasteiger charge is -2.04. The van der Waals surface area contributed by atoms with Crippen LogP contribution in [0.2, 0.25) is 0 Å². The standard InChI is InChI=1S/C3HCl5O/c4-2(5,6)1-3(7,8)9-1/h1H. The van der Waals surface area contributed by atoms with E-state index in [4.69, 9.17) is 58.0 Å². The van der Waals surface area contributed by atoms with Crippen LogP contribution in [0.4, 0.5) is 0 Å². The first-order chi connectivity index (χ1) is 3.84. The fourth-order valence-corrected chi connectivity index (χ4v) is 1.82. The summed E-state index contributed by atoms with van der Waals surface area (Å²) in [6.07, 6.45) is -0.710. The second kappa shape index (κ2) is 2.20. The molecule has 1 saturated heterocycles. The van der Waals surface area contributed by atoms with E-state index in [2.05, 4.69) is 4.74 Å². The number of alkyl halides is 5. The van der Waals surface area contributed by atoms with E-state index in [0.717, 1.165) is 0 Å². The molecule has 1 atom stereocenters. The molecule has 1 unspecified atom stereocenters. The summed E-state index contributed by atoms with van der Waals surface area (Å²) < 4.78 is 1.78. The van der Waals surface area contributed by atoms with Gasteiger partial charge in [0.15, 0.2) is 6.10 Å². The lowest BCUT2D eigenvalue weighted by Crippen LogP contribution is -2.15. The van der Waals surface area contributed by atoms with Gasteiger partial charge < -0.3 is 4.74 Å². The lowest BCUT2D eigenvalue weighted by molar-refractivity contribution is 0.389. The largest absolute Gasteiger partial charge is 0.331 e. The van der Waals surface area contributed by atoms with Crippen molar-refractivity contribution in [1.29, 1.82) is 0 Å². The summed E-state index contributed by atoms with van der Waals surface area (Å²) in [7, 11) is 0. The van der Waals surface area contributed by atoms with Crippen LogP contribution >= 0.6 is 58.0 Å². The molecule has 1 heterocycles. The average Bonchev–Trinajstić information content (AvgIpc) is 2.10. The first-order valence-corrected chi connectivity index (χ1v) is 3.85. The van der Waals surface area contributed by atoms with E-state index < -0.39 is 14.4 Å². The fourth-order valence-electron chi connectivity index (χ4n) is 0.380. The van der Waals surface area contributed by atoms with Gasteiger partial charge in [-0.15, -0.1) is 0 Å². The van der Waals surface area contributed by atoms with Crippen LogP contribution < -0.4 is 0 Å². The minimum Gasteiger partial charge on any atom is -0.331 e. The van der Waals surface area contributed by atoms with Crippen molar-refractivity contribution < 1.29 is 4.74 Å². The van der Waals surface area contributed by atoms with Crippen molar-refractivity contribution in [2.24, 2.45) is 0 Å². The van der Waals surface area contributed by atoms with Gasteiger partial charge in [-0.25, -0.2) is 0 Å². The van der Waals surface area contributed by atoms with Gasteiger partial charge in [0.1, 0.15) is 0 Å². The Morgan fingerprint density at radius 3 is 1.56 bits per heavy atom. The highest BCUT2D eigenvalue weighted by Crippen LogP contribution is 2.55. The van der Waals surface area contributed by atoms with E-state index in [-0.39, 0.29) is 0 Å². The van der Waals surface area contributed by atoms with Crippen LogP contribution in [0.5, 0.6) is 0 Å². The summed E-state index contributed by atoms with van der Waals surface area (Å²) in [6, 6.07) is 0. The van der Waals surface area contributed by atoms with Crippen LogP contribution in [0.25, 0.3) is 0 Å². The third kappa shape index (κ3) is 1.92. The predicted octanol–water partition coefficient (Wildman–Crippen LogP) is 2.89. The van der Waals surface area contributed by atoms with E-state index in [1.54, 1.807) is 0 Å². The number of hydrogen-bond donors (Lipinski definition) is 0. The third-order valence-electron chi connectivity index (χ3n) is 0.820. The van der Waals surface area contributed by atoms with Crippen molar-refractivity contribution in [1.82, 2.24) is 0 Å². The number of halogens is 5. The maximum absolute atomic E-state index is 5.38. The average molecular weight is 230 g/mol. The van der Waals surface area contributed by atoms with Gasteiger partial charge in [-0.05, 0) is 0 Å². The van der Waals surface area contributed by atoms with E-state index in [9.17, 15) is 0 Å². The predicted molar refractivity (Wildman–Crippen MR) is 39.6 cm³/mol. The van der Waals surface area contributed by atoms with Crippen LogP contribution in [-0.2, 0) is 4.74 Å². The van der Waals surface area contributed by atoms with Gasteiger partial charge in [-0.1, -0.05) is 58.0 Å². The summed E-state index contributed by atoms with van der Waals surface area (Å²) >= 11 is 26.8. The molecule has 0 N–H and O–H groups in total. The molecule has 1 aliphatic rings. The Morgan fingerprint density at radius 2 is 1.56 bits per heavy atom. The lowest BCUT2D eigenvalue weighted by atomic mass is 10.5. The van der Waals surface area contributed by atoms with Gasteiger partial charge in [-0.3, -0.25) is 0 Å². The Bertz CT molecular complexity index is 127. The second-order valence-corrected chi connectivity index (χ2v) is 5.29. The maximum atomic E-state index is 5.38. The van der Waals surface area contributed by atoms with Crippen LogP contribution in [-0.4, -0.2) is 14.4 Å². The van der Waals surface area contributed by atoms with Crippen molar-refractivity contribution >= 4 is 58.0 Å². The SMILES string of the molecule is ClC(Cl)(Cl)C1OC1(Cl)Cl. The zero-order chi connectivity index (χ0) is 7.28.